The highest BCUT2D eigenvalue weighted by atomic mass is 15.3. The topological polar surface area (TPSA) is 43.1 Å². The molecule has 0 radical (unpaired) electrons. The Balaban J connectivity index is 0.000000561. The quantitative estimate of drug-likeness (QED) is 0.623. The number of rotatable bonds is 1. The molecule has 1 aromatic rings. The molecule has 0 bridgehead atoms. The van der Waals surface area contributed by atoms with Gasteiger partial charge in [0.25, 0.3) is 0 Å². The Morgan fingerprint density at radius 1 is 1.58 bits per heavy atom. The first kappa shape index (κ1) is 10.6. The van der Waals surface area contributed by atoms with E-state index in [4.69, 9.17) is 0 Å². The van der Waals surface area contributed by atoms with Crippen LogP contribution in [-0.4, -0.2) is 21.8 Å². The van der Waals surface area contributed by atoms with Crippen molar-refractivity contribution in [2.24, 2.45) is 4.99 Å². The van der Waals surface area contributed by atoms with Gasteiger partial charge in [-0.05, 0) is 0 Å². The molecule has 4 heteroatoms. The molecule has 0 aromatic carbocycles. The summed E-state index contributed by atoms with van der Waals surface area (Å²) in [4.78, 5) is 7.70. The summed E-state index contributed by atoms with van der Waals surface area (Å²) < 4.78 is 1.55. The third kappa shape index (κ3) is 2.65. The van der Waals surface area contributed by atoms with Crippen molar-refractivity contribution in [1.82, 2.24) is 14.8 Å². The van der Waals surface area contributed by atoms with E-state index < -0.39 is 0 Å². The molecule has 0 spiro atoms. The van der Waals surface area contributed by atoms with Gasteiger partial charge in [0, 0.05) is 13.2 Å². The van der Waals surface area contributed by atoms with Gasteiger partial charge in [0.1, 0.15) is 6.33 Å². The first-order chi connectivity index (χ1) is 5.88. The van der Waals surface area contributed by atoms with E-state index in [1.165, 1.54) is 6.33 Å². The van der Waals surface area contributed by atoms with Crippen molar-refractivity contribution >= 4 is 6.20 Å². The maximum Gasteiger partial charge on any atom is 0.167 e. The van der Waals surface area contributed by atoms with Crippen LogP contribution in [0, 0.1) is 0 Å². The van der Waals surface area contributed by atoms with Crippen LogP contribution in [0.1, 0.15) is 13.8 Å². The van der Waals surface area contributed by atoms with Crippen molar-refractivity contribution in [2.75, 3.05) is 7.05 Å². The van der Waals surface area contributed by atoms with Crippen LogP contribution in [0.2, 0.25) is 0 Å². The van der Waals surface area contributed by atoms with Crippen LogP contribution in [0.5, 0.6) is 0 Å². The van der Waals surface area contributed by atoms with Gasteiger partial charge < -0.3 is 0 Å². The molecule has 1 aromatic heterocycles. The molecule has 1 heterocycles. The Kier molecular flexibility index (Phi) is 5.51. The van der Waals surface area contributed by atoms with Crippen LogP contribution in [-0.2, 0) is 0 Å². The second-order valence-electron chi connectivity index (χ2n) is 1.62. The maximum atomic E-state index is 3.91. The minimum Gasteiger partial charge on any atom is -0.269 e. The maximum absolute atomic E-state index is 3.91. The fraction of sp³-hybridized carbons (Fsp3) is 0.375. The summed E-state index contributed by atoms with van der Waals surface area (Å²) in [6.45, 7) is 7.55. The van der Waals surface area contributed by atoms with Crippen molar-refractivity contribution in [3.63, 3.8) is 0 Å². The van der Waals surface area contributed by atoms with E-state index in [2.05, 4.69) is 21.7 Å². The monoisotopic (exact) mass is 166 g/mol. The number of hydrogen-bond acceptors (Lipinski definition) is 3. The van der Waals surface area contributed by atoms with Gasteiger partial charge in [-0.2, -0.15) is 5.10 Å². The van der Waals surface area contributed by atoms with E-state index in [0.717, 1.165) is 0 Å². The molecule has 0 fully saturated rings. The van der Waals surface area contributed by atoms with Crippen molar-refractivity contribution in [3.05, 3.63) is 24.6 Å². The molecule has 0 unspecified atom stereocenters. The molecule has 12 heavy (non-hydrogen) atoms. The Labute approximate surface area is 72.3 Å². The molecule has 0 N–H and O–H groups in total. The highest BCUT2D eigenvalue weighted by Gasteiger charge is 1.83. The lowest BCUT2D eigenvalue weighted by Crippen LogP contribution is -2.18. The molecule has 0 aliphatic heterocycles. The average molecular weight is 166 g/mol. The van der Waals surface area contributed by atoms with Crippen LogP contribution in [0.15, 0.2) is 24.1 Å². The zero-order valence-electron chi connectivity index (χ0n) is 7.73. The Morgan fingerprint density at radius 3 is 2.67 bits per heavy atom. The lowest BCUT2D eigenvalue weighted by molar-refractivity contribution is 0.792. The number of aromatic nitrogens is 3. The van der Waals surface area contributed by atoms with E-state index in [-0.39, 0.29) is 0 Å². The second kappa shape index (κ2) is 6.27. The summed E-state index contributed by atoms with van der Waals surface area (Å²) in [6, 6.07) is 0. The van der Waals surface area contributed by atoms with Crippen LogP contribution < -0.4 is 5.49 Å². The molecule has 66 valence electrons. The fourth-order valence-corrected chi connectivity index (χ4v) is 0.605. The number of nitrogens with zero attached hydrogens (tertiary/aromatic N) is 4. The molecule has 0 atom stereocenters. The van der Waals surface area contributed by atoms with E-state index in [1.807, 2.05) is 13.8 Å². The van der Waals surface area contributed by atoms with Crippen LogP contribution in [0.4, 0.5) is 0 Å². The van der Waals surface area contributed by atoms with E-state index in [1.54, 1.807) is 24.1 Å². The van der Waals surface area contributed by atoms with Gasteiger partial charge in [0.2, 0.25) is 0 Å². The molecular weight excluding hydrogens is 152 g/mol. The predicted octanol–water partition coefficient (Wildman–Crippen LogP) is 0.935. The zero-order chi connectivity index (χ0) is 9.40. The molecule has 0 saturated heterocycles. The zero-order valence-corrected chi connectivity index (χ0v) is 7.73. The van der Waals surface area contributed by atoms with Gasteiger partial charge in [-0.1, -0.05) is 20.4 Å². The molecule has 0 saturated carbocycles. The smallest absolute Gasteiger partial charge is 0.167 e. The van der Waals surface area contributed by atoms with Crippen LogP contribution in [0.25, 0.3) is 6.20 Å². The van der Waals surface area contributed by atoms with Crippen molar-refractivity contribution < 1.29 is 0 Å². The lowest BCUT2D eigenvalue weighted by Gasteiger charge is -1.93. The summed E-state index contributed by atoms with van der Waals surface area (Å²) in [7, 11) is 1.68. The molecule has 4 nitrogen and oxygen atoms in total. The summed E-state index contributed by atoms with van der Waals surface area (Å²) in [5, 5.41) is 3.86. The van der Waals surface area contributed by atoms with Gasteiger partial charge in [0.15, 0.2) is 5.49 Å². The van der Waals surface area contributed by atoms with Gasteiger partial charge in [0.05, 0.1) is 6.20 Å². The number of hydrogen-bond donors (Lipinski definition) is 0. The highest BCUT2D eigenvalue weighted by Crippen LogP contribution is 1.69. The Hall–Kier alpha value is -1.45. The molecule has 1 rings (SSSR count). The fourth-order valence-electron chi connectivity index (χ4n) is 0.605. The standard InChI is InChI=1S/C6H8N4.C2H6/c1-3-10-6(7-2)4-8-5-9-10;1-2/h3-5H,1H2,2H3;1-2H3. The SMILES string of the molecule is C=Cn1ncncc1=NC.CC. The summed E-state index contributed by atoms with van der Waals surface area (Å²) >= 11 is 0. The van der Waals surface area contributed by atoms with Gasteiger partial charge in [-0.25, -0.2) is 9.67 Å². The normalized spacial score (nSPS) is 10.1. The minimum absolute atomic E-state index is 0.692. The Morgan fingerprint density at radius 2 is 2.25 bits per heavy atom. The minimum atomic E-state index is 0.692. The molecule has 0 amide bonds. The average Bonchev–Trinajstić information content (AvgIpc) is 2.20. The van der Waals surface area contributed by atoms with E-state index in [0.29, 0.717) is 5.49 Å². The Bertz CT molecular complexity index is 287. The van der Waals surface area contributed by atoms with Gasteiger partial charge in [-0.3, -0.25) is 4.99 Å². The lowest BCUT2D eigenvalue weighted by atomic mass is 10.8. The predicted molar refractivity (Wildman–Crippen MR) is 49.2 cm³/mol. The largest absolute Gasteiger partial charge is 0.269 e. The van der Waals surface area contributed by atoms with Gasteiger partial charge in [-0.15, -0.1) is 0 Å². The third-order valence-corrected chi connectivity index (χ3v) is 1.07. The molecule has 0 aliphatic carbocycles. The second-order valence-corrected chi connectivity index (χ2v) is 1.62. The van der Waals surface area contributed by atoms with E-state index in [9.17, 15) is 0 Å². The van der Waals surface area contributed by atoms with Gasteiger partial charge >= 0.3 is 0 Å². The summed E-state index contributed by atoms with van der Waals surface area (Å²) in [5.41, 5.74) is 0.692. The highest BCUT2D eigenvalue weighted by molar-refractivity contribution is 5.10. The summed E-state index contributed by atoms with van der Waals surface area (Å²) in [6.07, 6.45) is 4.63. The van der Waals surface area contributed by atoms with Crippen molar-refractivity contribution in [3.8, 4) is 0 Å². The van der Waals surface area contributed by atoms with Crippen LogP contribution in [0.3, 0.4) is 0 Å². The van der Waals surface area contributed by atoms with E-state index >= 15 is 0 Å². The van der Waals surface area contributed by atoms with Crippen molar-refractivity contribution in [1.29, 1.82) is 0 Å². The first-order valence-corrected chi connectivity index (χ1v) is 3.82. The first-order valence-electron chi connectivity index (χ1n) is 3.82. The van der Waals surface area contributed by atoms with Crippen molar-refractivity contribution in [2.45, 2.75) is 13.8 Å². The third-order valence-electron chi connectivity index (χ3n) is 1.07. The summed E-state index contributed by atoms with van der Waals surface area (Å²) in [5.74, 6) is 0. The molecule has 0 aliphatic rings. The van der Waals surface area contributed by atoms with Crippen LogP contribution >= 0.6 is 0 Å². The molecular formula is C8H14N4.